The molecule has 0 spiro atoms. The van der Waals surface area contributed by atoms with Gasteiger partial charge in [0.15, 0.2) is 0 Å². The minimum absolute atomic E-state index is 0.316. The molecule has 1 aromatic heterocycles. The molecule has 0 aromatic carbocycles. The van der Waals surface area contributed by atoms with E-state index in [1.165, 1.54) is 6.33 Å². The van der Waals surface area contributed by atoms with Crippen LogP contribution in [0.15, 0.2) is 12.4 Å². The first-order valence-electron chi connectivity index (χ1n) is 7.46. The summed E-state index contributed by atoms with van der Waals surface area (Å²) in [4.78, 5) is 22.2. The molecule has 0 radical (unpaired) electrons. The molecule has 2 N–H and O–H groups in total. The third kappa shape index (κ3) is 2.72. The van der Waals surface area contributed by atoms with E-state index in [-0.39, 0.29) is 0 Å². The molecule has 114 valence electrons. The Labute approximate surface area is 123 Å². The highest BCUT2D eigenvalue weighted by Crippen LogP contribution is 2.45. The van der Waals surface area contributed by atoms with E-state index in [2.05, 4.69) is 9.97 Å². The van der Waals surface area contributed by atoms with Crippen LogP contribution in [0.25, 0.3) is 0 Å². The van der Waals surface area contributed by atoms with Gasteiger partial charge in [-0.15, -0.1) is 0 Å². The fraction of sp³-hybridized carbons (Fsp3) is 0.667. The van der Waals surface area contributed by atoms with Gasteiger partial charge in [-0.25, -0.2) is 9.97 Å². The fourth-order valence-electron chi connectivity index (χ4n) is 3.22. The van der Waals surface area contributed by atoms with Crippen molar-refractivity contribution < 1.29 is 15.0 Å². The molecular weight excluding hydrogens is 270 g/mol. The van der Waals surface area contributed by atoms with E-state index in [1.807, 2.05) is 17.9 Å². The highest BCUT2D eigenvalue weighted by atomic mass is 16.4. The predicted molar refractivity (Wildman–Crippen MR) is 77.0 cm³/mol. The highest BCUT2D eigenvalue weighted by molar-refractivity contribution is 5.77. The lowest BCUT2D eigenvalue weighted by Gasteiger charge is -2.44. The number of hydrogen-bond donors (Lipinski definition) is 2. The first-order valence-corrected chi connectivity index (χ1v) is 7.46. The molecule has 2 heterocycles. The van der Waals surface area contributed by atoms with Crippen molar-refractivity contribution in [3.8, 4) is 0 Å². The third-order valence-electron chi connectivity index (χ3n) is 4.67. The van der Waals surface area contributed by atoms with E-state index in [4.69, 9.17) is 0 Å². The molecular formula is C15H21N3O3. The summed E-state index contributed by atoms with van der Waals surface area (Å²) in [7, 11) is 0. The monoisotopic (exact) mass is 291 g/mol. The van der Waals surface area contributed by atoms with Gasteiger partial charge in [0.2, 0.25) is 0 Å². The summed E-state index contributed by atoms with van der Waals surface area (Å²) in [5.41, 5.74) is -0.215. The zero-order valence-electron chi connectivity index (χ0n) is 12.2. The molecule has 2 atom stereocenters. The van der Waals surface area contributed by atoms with Crippen LogP contribution in [0.3, 0.4) is 0 Å². The summed E-state index contributed by atoms with van der Waals surface area (Å²) in [5.74, 6) is 0.302. The van der Waals surface area contributed by atoms with E-state index in [0.29, 0.717) is 31.8 Å². The minimum Gasteiger partial charge on any atom is -0.481 e. The van der Waals surface area contributed by atoms with Crippen LogP contribution >= 0.6 is 0 Å². The lowest BCUT2D eigenvalue weighted by molar-refractivity contribution is -0.158. The Balaban J connectivity index is 1.87. The second-order valence-corrected chi connectivity index (χ2v) is 6.35. The van der Waals surface area contributed by atoms with Gasteiger partial charge in [-0.2, -0.15) is 0 Å². The number of hydrogen-bond acceptors (Lipinski definition) is 5. The zero-order chi connectivity index (χ0) is 15.0. The maximum atomic E-state index is 11.9. The normalized spacial score (nSPS) is 29.4. The number of carboxylic acids is 1. The number of carboxylic acid groups (broad SMARTS) is 1. The van der Waals surface area contributed by atoms with Crippen LogP contribution in [-0.4, -0.2) is 45.3 Å². The van der Waals surface area contributed by atoms with E-state index >= 15 is 0 Å². The lowest BCUT2D eigenvalue weighted by atomic mass is 9.73. The van der Waals surface area contributed by atoms with Crippen LogP contribution in [0.4, 0.5) is 5.82 Å². The van der Waals surface area contributed by atoms with Crippen molar-refractivity contribution in [2.24, 2.45) is 11.3 Å². The Hall–Kier alpha value is -1.69. The maximum Gasteiger partial charge on any atom is 0.314 e. The number of anilines is 1. The molecule has 2 aliphatic rings. The van der Waals surface area contributed by atoms with Crippen LogP contribution in [0.5, 0.6) is 0 Å². The average molecular weight is 291 g/mol. The lowest BCUT2D eigenvalue weighted by Crippen LogP contribution is -2.56. The highest BCUT2D eigenvalue weighted by Gasteiger charge is 2.51. The predicted octanol–water partition coefficient (Wildman–Crippen LogP) is 1.23. The molecule has 21 heavy (non-hydrogen) atoms. The van der Waals surface area contributed by atoms with Gasteiger partial charge in [-0.3, -0.25) is 4.79 Å². The molecule has 1 saturated carbocycles. The van der Waals surface area contributed by atoms with E-state index in [0.717, 1.165) is 24.4 Å². The van der Waals surface area contributed by atoms with Crippen LogP contribution in [0, 0.1) is 18.3 Å². The smallest absolute Gasteiger partial charge is 0.314 e. The molecule has 1 saturated heterocycles. The van der Waals surface area contributed by atoms with Crippen LogP contribution < -0.4 is 4.90 Å². The Kier molecular flexibility index (Phi) is 3.57. The number of aliphatic hydroxyl groups is 1. The zero-order valence-corrected chi connectivity index (χ0v) is 12.2. The number of rotatable bonds is 4. The molecule has 1 aliphatic carbocycles. The largest absolute Gasteiger partial charge is 0.481 e. The van der Waals surface area contributed by atoms with Gasteiger partial charge >= 0.3 is 5.97 Å². The van der Waals surface area contributed by atoms with Gasteiger partial charge < -0.3 is 15.1 Å². The van der Waals surface area contributed by atoms with Crippen LogP contribution in [0.2, 0.25) is 0 Å². The molecule has 6 heteroatoms. The minimum atomic E-state index is -1.07. The first kappa shape index (κ1) is 14.3. The summed E-state index contributed by atoms with van der Waals surface area (Å²) < 4.78 is 0. The van der Waals surface area contributed by atoms with E-state index in [1.54, 1.807) is 0 Å². The van der Waals surface area contributed by atoms with Gasteiger partial charge in [0, 0.05) is 24.8 Å². The fourth-order valence-corrected chi connectivity index (χ4v) is 3.22. The Morgan fingerprint density at radius 1 is 1.43 bits per heavy atom. The Morgan fingerprint density at radius 2 is 2.19 bits per heavy atom. The van der Waals surface area contributed by atoms with E-state index < -0.39 is 17.5 Å². The topological polar surface area (TPSA) is 86.5 Å². The summed E-state index contributed by atoms with van der Waals surface area (Å²) in [6.07, 6.45) is 3.89. The van der Waals surface area contributed by atoms with Crippen molar-refractivity contribution in [1.29, 1.82) is 0 Å². The maximum absolute atomic E-state index is 11.9. The molecule has 0 amide bonds. The van der Waals surface area contributed by atoms with Gasteiger partial charge in [0.25, 0.3) is 0 Å². The second kappa shape index (κ2) is 5.26. The number of aliphatic hydroxyl groups excluding tert-OH is 1. The van der Waals surface area contributed by atoms with Crippen molar-refractivity contribution in [1.82, 2.24) is 9.97 Å². The summed E-state index contributed by atoms with van der Waals surface area (Å²) in [6.45, 7) is 2.83. The summed E-state index contributed by atoms with van der Waals surface area (Å²) in [5, 5.41) is 20.1. The van der Waals surface area contributed by atoms with Crippen molar-refractivity contribution in [3.63, 3.8) is 0 Å². The van der Waals surface area contributed by atoms with Gasteiger partial charge in [-0.1, -0.05) is 12.8 Å². The average Bonchev–Trinajstić information content (AvgIpc) is 3.25. The van der Waals surface area contributed by atoms with Gasteiger partial charge in [-0.05, 0) is 25.7 Å². The van der Waals surface area contributed by atoms with Crippen LogP contribution in [0.1, 0.15) is 31.4 Å². The molecule has 3 rings (SSSR count). The molecule has 0 unspecified atom stereocenters. The Morgan fingerprint density at radius 3 is 2.81 bits per heavy atom. The number of aromatic nitrogens is 2. The number of piperidine rings is 1. The summed E-state index contributed by atoms with van der Waals surface area (Å²) >= 11 is 0. The molecule has 1 aromatic rings. The van der Waals surface area contributed by atoms with Crippen LogP contribution in [-0.2, 0) is 4.79 Å². The third-order valence-corrected chi connectivity index (χ3v) is 4.67. The van der Waals surface area contributed by atoms with Gasteiger partial charge in [0.05, 0.1) is 6.10 Å². The van der Waals surface area contributed by atoms with Crippen molar-refractivity contribution >= 4 is 11.8 Å². The molecule has 6 nitrogen and oxygen atoms in total. The number of carbonyl (C=O) groups is 1. The SMILES string of the molecule is Cc1cc(N2CC[C@H](O)[C@](CC3CC3)(C(=O)O)C2)ncn1. The molecule has 0 bridgehead atoms. The van der Waals surface area contributed by atoms with Gasteiger partial charge in [0.1, 0.15) is 17.6 Å². The number of aliphatic carboxylic acids is 1. The summed E-state index contributed by atoms with van der Waals surface area (Å²) in [6, 6.07) is 1.86. The second-order valence-electron chi connectivity index (χ2n) is 6.35. The molecule has 1 aliphatic heterocycles. The van der Waals surface area contributed by atoms with E-state index in [9.17, 15) is 15.0 Å². The standard InChI is InChI=1S/C15H21N3O3/c1-10-6-13(17-9-16-10)18-5-4-12(19)15(8-18,14(20)21)7-11-2-3-11/h6,9,11-12,19H,2-5,7-8H2,1H3,(H,20,21)/t12-,15+/m0/s1. The quantitative estimate of drug-likeness (QED) is 0.867. The van der Waals surface area contributed by atoms with Crippen molar-refractivity contribution in [2.75, 3.05) is 18.0 Å². The Bertz CT molecular complexity index is 547. The number of aryl methyl sites for hydroxylation is 1. The molecule has 2 fully saturated rings. The number of nitrogens with zero attached hydrogens (tertiary/aromatic N) is 3. The first-order chi connectivity index (χ1) is 10.0. The van der Waals surface area contributed by atoms with Crippen molar-refractivity contribution in [3.05, 3.63) is 18.1 Å². The van der Waals surface area contributed by atoms with Crippen molar-refractivity contribution in [2.45, 2.75) is 38.7 Å².